The molecule has 0 radical (unpaired) electrons. The Morgan fingerprint density at radius 1 is 1.50 bits per heavy atom. The molecular formula is C12H12N2O2. The molecule has 2 N–H and O–H groups in total. The summed E-state index contributed by atoms with van der Waals surface area (Å²) >= 11 is 0. The minimum atomic E-state index is -0.609. The smallest absolute Gasteiger partial charge is 0.232 e. The van der Waals surface area contributed by atoms with Crippen molar-refractivity contribution in [1.29, 1.82) is 5.26 Å². The quantitative estimate of drug-likeness (QED) is 0.799. The molecule has 0 heterocycles. The van der Waals surface area contributed by atoms with Gasteiger partial charge in [-0.05, 0) is 25.0 Å². The van der Waals surface area contributed by atoms with E-state index in [0.717, 1.165) is 0 Å². The molecule has 1 saturated carbocycles. The van der Waals surface area contributed by atoms with E-state index in [9.17, 15) is 4.79 Å². The molecule has 1 aliphatic rings. The van der Waals surface area contributed by atoms with Gasteiger partial charge in [0, 0.05) is 0 Å². The van der Waals surface area contributed by atoms with E-state index in [1.807, 2.05) is 6.07 Å². The Balaban J connectivity index is 2.16. The van der Waals surface area contributed by atoms with Crippen LogP contribution in [0.2, 0.25) is 0 Å². The first-order valence-corrected chi connectivity index (χ1v) is 5.13. The molecule has 1 aromatic carbocycles. The summed E-state index contributed by atoms with van der Waals surface area (Å²) in [5.74, 6) is -0.197. The maximum Gasteiger partial charge on any atom is 0.232 e. The molecule has 1 fully saturated rings. The van der Waals surface area contributed by atoms with Crippen LogP contribution in [0.25, 0.3) is 0 Å². The molecule has 4 heteroatoms. The lowest BCUT2D eigenvalue weighted by Gasteiger charge is -2.12. The van der Waals surface area contributed by atoms with Crippen molar-refractivity contribution < 1.29 is 9.90 Å². The second-order valence-electron chi connectivity index (χ2n) is 4.05. The van der Waals surface area contributed by atoms with Crippen molar-refractivity contribution in [3.63, 3.8) is 0 Å². The highest BCUT2D eigenvalue weighted by Crippen LogP contribution is 2.45. The SMILES string of the molecule is N#Cc1ccccc1NC(=O)C1(CO)CC1. The van der Waals surface area contributed by atoms with Crippen LogP contribution >= 0.6 is 0 Å². The van der Waals surface area contributed by atoms with Gasteiger partial charge in [0.15, 0.2) is 0 Å². The summed E-state index contributed by atoms with van der Waals surface area (Å²) in [6.45, 7) is -0.131. The molecule has 2 rings (SSSR count). The number of hydrogen-bond acceptors (Lipinski definition) is 3. The van der Waals surface area contributed by atoms with Gasteiger partial charge in [-0.15, -0.1) is 0 Å². The van der Waals surface area contributed by atoms with E-state index < -0.39 is 5.41 Å². The molecule has 0 spiro atoms. The van der Waals surface area contributed by atoms with Crippen LogP contribution in [0, 0.1) is 16.7 Å². The van der Waals surface area contributed by atoms with Crippen molar-refractivity contribution in [2.45, 2.75) is 12.8 Å². The number of aliphatic hydroxyl groups is 1. The van der Waals surface area contributed by atoms with E-state index in [-0.39, 0.29) is 12.5 Å². The second-order valence-corrected chi connectivity index (χ2v) is 4.05. The lowest BCUT2D eigenvalue weighted by molar-refractivity contribution is -0.122. The maximum absolute atomic E-state index is 11.8. The Morgan fingerprint density at radius 3 is 2.75 bits per heavy atom. The highest BCUT2D eigenvalue weighted by molar-refractivity contribution is 5.98. The van der Waals surface area contributed by atoms with Crippen LogP contribution in [0.5, 0.6) is 0 Å². The molecule has 0 unspecified atom stereocenters. The van der Waals surface area contributed by atoms with Crippen molar-refractivity contribution in [2.24, 2.45) is 5.41 Å². The second kappa shape index (κ2) is 3.95. The standard InChI is InChI=1S/C12H12N2O2/c13-7-9-3-1-2-4-10(9)14-11(16)12(8-15)5-6-12/h1-4,15H,5-6,8H2,(H,14,16). The van der Waals surface area contributed by atoms with Crippen LogP contribution < -0.4 is 5.32 Å². The maximum atomic E-state index is 11.8. The van der Waals surface area contributed by atoms with Gasteiger partial charge in [-0.25, -0.2) is 0 Å². The Labute approximate surface area is 93.5 Å². The first kappa shape index (κ1) is 10.7. The molecule has 1 amide bonds. The van der Waals surface area contributed by atoms with Gasteiger partial charge in [0.2, 0.25) is 5.91 Å². The van der Waals surface area contributed by atoms with Crippen LogP contribution in [-0.4, -0.2) is 17.6 Å². The Bertz CT molecular complexity index is 458. The van der Waals surface area contributed by atoms with E-state index in [1.54, 1.807) is 24.3 Å². The van der Waals surface area contributed by atoms with E-state index in [4.69, 9.17) is 10.4 Å². The fourth-order valence-corrected chi connectivity index (χ4v) is 1.55. The number of rotatable bonds is 3. The first-order valence-electron chi connectivity index (χ1n) is 5.13. The Hall–Kier alpha value is -1.86. The van der Waals surface area contributed by atoms with Crippen molar-refractivity contribution in [2.75, 3.05) is 11.9 Å². The number of anilines is 1. The molecule has 82 valence electrons. The molecule has 1 aliphatic carbocycles. The third-order valence-corrected chi connectivity index (χ3v) is 2.93. The van der Waals surface area contributed by atoms with Crippen LogP contribution in [0.15, 0.2) is 24.3 Å². The highest BCUT2D eigenvalue weighted by atomic mass is 16.3. The Morgan fingerprint density at radius 2 is 2.19 bits per heavy atom. The lowest BCUT2D eigenvalue weighted by atomic mass is 10.1. The summed E-state index contributed by atoms with van der Waals surface area (Å²) in [4.78, 5) is 11.8. The molecule has 0 saturated heterocycles. The number of nitrogens with zero attached hydrogens (tertiary/aromatic N) is 1. The van der Waals surface area contributed by atoms with Gasteiger partial charge in [-0.3, -0.25) is 4.79 Å². The Kier molecular flexibility index (Phi) is 2.63. The minimum Gasteiger partial charge on any atom is -0.395 e. The normalized spacial score (nSPS) is 16.2. The summed E-state index contributed by atoms with van der Waals surface area (Å²) in [7, 11) is 0. The zero-order chi connectivity index (χ0) is 11.6. The number of carbonyl (C=O) groups is 1. The molecule has 0 bridgehead atoms. The minimum absolute atomic E-state index is 0.131. The van der Waals surface area contributed by atoms with Gasteiger partial charge in [0.1, 0.15) is 6.07 Å². The fraction of sp³-hybridized carbons (Fsp3) is 0.333. The third kappa shape index (κ3) is 1.77. The van der Waals surface area contributed by atoms with E-state index in [1.165, 1.54) is 0 Å². The number of nitriles is 1. The number of amides is 1. The highest BCUT2D eigenvalue weighted by Gasteiger charge is 2.49. The average molecular weight is 216 g/mol. The van der Waals surface area contributed by atoms with Gasteiger partial charge in [0.05, 0.1) is 23.3 Å². The summed E-state index contributed by atoms with van der Waals surface area (Å²) < 4.78 is 0. The summed E-state index contributed by atoms with van der Waals surface area (Å²) in [5, 5.41) is 20.7. The van der Waals surface area contributed by atoms with Crippen molar-refractivity contribution >= 4 is 11.6 Å². The number of aliphatic hydroxyl groups excluding tert-OH is 1. The zero-order valence-corrected chi connectivity index (χ0v) is 8.73. The van der Waals surface area contributed by atoms with E-state index in [0.29, 0.717) is 24.1 Å². The van der Waals surface area contributed by atoms with Crippen LogP contribution in [0.1, 0.15) is 18.4 Å². The van der Waals surface area contributed by atoms with Gasteiger partial charge in [-0.2, -0.15) is 5.26 Å². The van der Waals surface area contributed by atoms with Crippen molar-refractivity contribution in [1.82, 2.24) is 0 Å². The number of para-hydroxylation sites is 1. The van der Waals surface area contributed by atoms with Gasteiger partial charge in [0.25, 0.3) is 0 Å². The lowest BCUT2D eigenvalue weighted by Crippen LogP contribution is -2.27. The van der Waals surface area contributed by atoms with Crippen LogP contribution in [-0.2, 0) is 4.79 Å². The third-order valence-electron chi connectivity index (χ3n) is 2.93. The van der Waals surface area contributed by atoms with Gasteiger partial charge >= 0.3 is 0 Å². The number of hydrogen-bond donors (Lipinski definition) is 2. The van der Waals surface area contributed by atoms with Gasteiger partial charge < -0.3 is 10.4 Å². The fourth-order valence-electron chi connectivity index (χ4n) is 1.55. The van der Waals surface area contributed by atoms with E-state index >= 15 is 0 Å². The van der Waals surface area contributed by atoms with E-state index in [2.05, 4.69) is 5.32 Å². The summed E-state index contributed by atoms with van der Waals surface area (Å²) in [6.07, 6.45) is 1.42. The number of carbonyl (C=O) groups excluding carboxylic acids is 1. The van der Waals surface area contributed by atoms with Crippen molar-refractivity contribution in [3.8, 4) is 6.07 Å². The largest absolute Gasteiger partial charge is 0.395 e. The number of nitrogens with one attached hydrogen (secondary N) is 1. The zero-order valence-electron chi connectivity index (χ0n) is 8.73. The molecule has 4 nitrogen and oxygen atoms in total. The predicted molar refractivity (Wildman–Crippen MR) is 58.5 cm³/mol. The molecule has 0 atom stereocenters. The van der Waals surface area contributed by atoms with Crippen LogP contribution in [0.3, 0.4) is 0 Å². The summed E-state index contributed by atoms with van der Waals surface area (Å²) in [6, 6.07) is 8.85. The van der Waals surface area contributed by atoms with Gasteiger partial charge in [-0.1, -0.05) is 12.1 Å². The number of benzene rings is 1. The van der Waals surface area contributed by atoms with Crippen molar-refractivity contribution in [3.05, 3.63) is 29.8 Å². The topological polar surface area (TPSA) is 73.1 Å². The average Bonchev–Trinajstić information content (AvgIpc) is 3.10. The molecular weight excluding hydrogens is 204 g/mol. The summed E-state index contributed by atoms with van der Waals surface area (Å²) in [5.41, 5.74) is 0.335. The molecule has 16 heavy (non-hydrogen) atoms. The monoisotopic (exact) mass is 216 g/mol. The predicted octanol–water partition coefficient (Wildman–Crippen LogP) is 1.27. The van der Waals surface area contributed by atoms with Crippen LogP contribution in [0.4, 0.5) is 5.69 Å². The molecule has 1 aromatic rings. The first-order chi connectivity index (χ1) is 7.72. The molecule has 0 aliphatic heterocycles. The molecule has 0 aromatic heterocycles.